The van der Waals surface area contributed by atoms with E-state index < -0.39 is 0 Å². The largest absolute Gasteiger partial charge is 0.391 e. The van der Waals surface area contributed by atoms with E-state index in [4.69, 9.17) is 5.73 Å². The minimum Gasteiger partial charge on any atom is -0.391 e. The van der Waals surface area contributed by atoms with Crippen LogP contribution in [0.1, 0.15) is 32.1 Å². The molecule has 80 valence electrons. The summed E-state index contributed by atoms with van der Waals surface area (Å²) in [5.74, 6) is 0.0298. The molecule has 4 heteroatoms. The Balaban J connectivity index is 2.05. The zero-order chi connectivity index (χ0) is 10.1. The van der Waals surface area contributed by atoms with E-state index in [1.807, 2.05) is 0 Å². The van der Waals surface area contributed by atoms with Crippen LogP contribution in [0.15, 0.2) is 0 Å². The van der Waals surface area contributed by atoms with Crippen LogP contribution in [0.5, 0.6) is 0 Å². The van der Waals surface area contributed by atoms with Crippen molar-refractivity contribution >= 4 is 5.91 Å². The van der Waals surface area contributed by atoms with Crippen molar-refractivity contribution in [1.82, 2.24) is 4.90 Å². The van der Waals surface area contributed by atoms with Gasteiger partial charge < -0.3 is 15.7 Å². The molecule has 3 atom stereocenters. The summed E-state index contributed by atoms with van der Waals surface area (Å²) in [4.78, 5) is 13.5. The van der Waals surface area contributed by atoms with E-state index in [2.05, 4.69) is 0 Å². The number of carbonyl (C=O) groups excluding carboxylic acids is 1. The third kappa shape index (κ3) is 1.64. The highest BCUT2D eigenvalue weighted by Gasteiger charge is 2.36. The van der Waals surface area contributed by atoms with E-state index in [1.54, 1.807) is 4.90 Å². The molecule has 0 aromatic heterocycles. The van der Waals surface area contributed by atoms with Gasteiger partial charge in [0.25, 0.3) is 0 Å². The molecule has 1 amide bonds. The van der Waals surface area contributed by atoms with Crippen LogP contribution in [0.4, 0.5) is 0 Å². The number of likely N-dealkylation sites (tertiary alicyclic amines) is 1. The Morgan fingerprint density at radius 3 is 2.71 bits per heavy atom. The zero-order valence-electron chi connectivity index (χ0n) is 8.35. The van der Waals surface area contributed by atoms with Gasteiger partial charge in [-0.15, -0.1) is 0 Å². The highest BCUT2D eigenvalue weighted by molar-refractivity contribution is 5.82. The van der Waals surface area contributed by atoms with E-state index in [9.17, 15) is 9.90 Å². The maximum absolute atomic E-state index is 11.7. The normalized spacial score (nSPS) is 39.1. The molecule has 3 N–H and O–H groups in total. The van der Waals surface area contributed by atoms with Crippen LogP contribution < -0.4 is 5.73 Å². The molecule has 4 nitrogen and oxygen atoms in total. The third-order valence-electron chi connectivity index (χ3n) is 3.36. The first-order chi connectivity index (χ1) is 6.70. The van der Waals surface area contributed by atoms with Gasteiger partial charge in [-0.2, -0.15) is 0 Å². The predicted octanol–water partition coefficient (Wildman–Crippen LogP) is -0.151. The van der Waals surface area contributed by atoms with Gasteiger partial charge >= 0.3 is 0 Å². The first kappa shape index (κ1) is 9.93. The second kappa shape index (κ2) is 3.87. The maximum atomic E-state index is 11.7. The third-order valence-corrected chi connectivity index (χ3v) is 3.36. The molecule has 14 heavy (non-hydrogen) atoms. The lowest BCUT2D eigenvalue weighted by Crippen LogP contribution is -2.54. The van der Waals surface area contributed by atoms with Gasteiger partial charge in [0.15, 0.2) is 0 Å². The Kier molecular flexibility index (Phi) is 2.74. The highest BCUT2D eigenvalue weighted by Crippen LogP contribution is 2.26. The Labute approximate surface area is 84.1 Å². The molecule has 1 saturated carbocycles. The SMILES string of the molecule is NC1CCCN(C2CCCC2O)C1=O. The van der Waals surface area contributed by atoms with Gasteiger partial charge in [0.1, 0.15) is 0 Å². The van der Waals surface area contributed by atoms with Crippen LogP contribution in [0.3, 0.4) is 0 Å². The number of carbonyl (C=O) groups is 1. The molecule has 1 heterocycles. The zero-order valence-corrected chi connectivity index (χ0v) is 8.35. The molecule has 2 fully saturated rings. The summed E-state index contributed by atoms with van der Waals surface area (Å²) in [5, 5.41) is 9.71. The Bertz CT molecular complexity index is 232. The van der Waals surface area contributed by atoms with Crippen LogP contribution in [0, 0.1) is 0 Å². The Morgan fingerprint density at radius 2 is 2.07 bits per heavy atom. The van der Waals surface area contributed by atoms with Gasteiger partial charge in [0, 0.05) is 6.54 Å². The number of rotatable bonds is 1. The topological polar surface area (TPSA) is 66.6 Å². The number of nitrogens with zero attached hydrogens (tertiary/aromatic N) is 1. The van der Waals surface area contributed by atoms with Crippen LogP contribution in [-0.2, 0) is 4.79 Å². The molecule has 0 aromatic carbocycles. The lowest BCUT2D eigenvalue weighted by Gasteiger charge is -2.36. The van der Waals surface area contributed by atoms with Crippen molar-refractivity contribution in [2.45, 2.75) is 50.3 Å². The molecule has 2 aliphatic rings. The summed E-state index contributed by atoms with van der Waals surface area (Å²) in [6.45, 7) is 0.772. The molecule has 3 unspecified atom stereocenters. The number of piperidine rings is 1. The summed E-state index contributed by atoms with van der Waals surface area (Å²) in [6.07, 6.45) is 4.20. The standard InChI is InChI=1S/C10H18N2O2/c11-7-3-2-6-12(10(7)14)8-4-1-5-9(8)13/h7-9,13H,1-6,11H2. The molecule has 0 radical (unpaired) electrons. The number of amides is 1. The van der Waals surface area contributed by atoms with E-state index in [0.29, 0.717) is 0 Å². The minimum absolute atomic E-state index is 0.0298. The first-order valence-corrected chi connectivity index (χ1v) is 5.44. The van der Waals surface area contributed by atoms with Crippen molar-refractivity contribution in [2.75, 3.05) is 6.54 Å². The van der Waals surface area contributed by atoms with Crippen molar-refractivity contribution in [3.05, 3.63) is 0 Å². The summed E-state index contributed by atoms with van der Waals surface area (Å²) in [5.41, 5.74) is 5.71. The summed E-state index contributed by atoms with van der Waals surface area (Å²) in [7, 11) is 0. The van der Waals surface area contributed by atoms with Gasteiger partial charge in [0.2, 0.25) is 5.91 Å². The predicted molar refractivity (Wildman–Crippen MR) is 52.6 cm³/mol. The van der Waals surface area contributed by atoms with E-state index in [-0.39, 0.29) is 24.1 Å². The van der Waals surface area contributed by atoms with Crippen LogP contribution in [-0.4, -0.2) is 40.6 Å². The van der Waals surface area contributed by atoms with E-state index in [0.717, 1.165) is 38.6 Å². The fourth-order valence-corrected chi connectivity index (χ4v) is 2.54. The number of hydrogen-bond acceptors (Lipinski definition) is 3. The molecule has 1 saturated heterocycles. The minimum atomic E-state index is -0.337. The first-order valence-electron chi connectivity index (χ1n) is 5.44. The van der Waals surface area contributed by atoms with Crippen LogP contribution >= 0.6 is 0 Å². The second-order valence-corrected chi connectivity index (χ2v) is 4.35. The molecular weight excluding hydrogens is 180 g/mol. The van der Waals surface area contributed by atoms with Gasteiger partial charge in [0.05, 0.1) is 18.2 Å². The second-order valence-electron chi connectivity index (χ2n) is 4.35. The van der Waals surface area contributed by atoms with Crippen molar-refractivity contribution in [2.24, 2.45) is 5.73 Å². The monoisotopic (exact) mass is 198 g/mol. The highest BCUT2D eigenvalue weighted by atomic mass is 16.3. The molecule has 0 bridgehead atoms. The van der Waals surface area contributed by atoms with Gasteiger partial charge in [-0.25, -0.2) is 0 Å². The number of aliphatic hydroxyl groups is 1. The lowest BCUT2D eigenvalue weighted by atomic mass is 10.0. The lowest BCUT2D eigenvalue weighted by molar-refractivity contribution is -0.139. The average molecular weight is 198 g/mol. The van der Waals surface area contributed by atoms with Crippen molar-refractivity contribution in [1.29, 1.82) is 0 Å². The molecule has 1 aliphatic heterocycles. The summed E-state index contributed by atoms with van der Waals surface area (Å²) in [6, 6.07) is -0.301. The maximum Gasteiger partial charge on any atom is 0.239 e. The van der Waals surface area contributed by atoms with Crippen LogP contribution in [0.25, 0.3) is 0 Å². The number of hydrogen-bond donors (Lipinski definition) is 2. The van der Waals surface area contributed by atoms with Crippen molar-refractivity contribution in [3.8, 4) is 0 Å². The smallest absolute Gasteiger partial charge is 0.239 e. The number of aliphatic hydroxyl groups excluding tert-OH is 1. The molecule has 0 spiro atoms. The summed E-state index contributed by atoms with van der Waals surface area (Å²) < 4.78 is 0. The fourth-order valence-electron chi connectivity index (χ4n) is 2.54. The van der Waals surface area contributed by atoms with Gasteiger partial charge in [-0.3, -0.25) is 4.79 Å². The Morgan fingerprint density at radius 1 is 1.29 bits per heavy atom. The van der Waals surface area contributed by atoms with Gasteiger partial charge in [-0.1, -0.05) is 0 Å². The average Bonchev–Trinajstić information content (AvgIpc) is 2.57. The fraction of sp³-hybridized carbons (Fsp3) is 0.900. The molecular formula is C10H18N2O2. The van der Waals surface area contributed by atoms with E-state index in [1.165, 1.54) is 0 Å². The molecule has 1 aliphatic carbocycles. The quantitative estimate of drug-likeness (QED) is 0.615. The van der Waals surface area contributed by atoms with Crippen LogP contribution in [0.2, 0.25) is 0 Å². The number of nitrogens with two attached hydrogens (primary N) is 1. The van der Waals surface area contributed by atoms with Gasteiger partial charge in [-0.05, 0) is 32.1 Å². The Hall–Kier alpha value is -0.610. The van der Waals surface area contributed by atoms with Crippen molar-refractivity contribution in [3.63, 3.8) is 0 Å². The molecule has 2 rings (SSSR count). The summed E-state index contributed by atoms with van der Waals surface area (Å²) >= 11 is 0. The molecule has 0 aromatic rings. The van der Waals surface area contributed by atoms with E-state index >= 15 is 0 Å². The van der Waals surface area contributed by atoms with Crippen molar-refractivity contribution < 1.29 is 9.90 Å².